The van der Waals surface area contributed by atoms with Gasteiger partial charge >= 0.3 is 0 Å². The molecule has 0 bridgehead atoms. The Morgan fingerprint density at radius 3 is 2.77 bits per heavy atom. The van der Waals surface area contributed by atoms with Gasteiger partial charge in [0.2, 0.25) is 0 Å². The van der Waals surface area contributed by atoms with Crippen molar-refractivity contribution in [2.45, 2.75) is 12.5 Å². The molecule has 1 heterocycles. The quantitative estimate of drug-likeness (QED) is 0.493. The number of rotatable bonds is 5. The number of benzene rings is 1. The molecule has 0 spiro atoms. The van der Waals surface area contributed by atoms with Crippen LogP contribution in [0.2, 0.25) is 0 Å². The Balaban J connectivity index is 1.92. The molecule has 122 valence electrons. The minimum absolute atomic E-state index is 0.0668. The molecule has 1 atom stereocenters. The van der Waals surface area contributed by atoms with E-state index in [-0.39, 0.29) is 11.7 Å². The maximum atomic E-state index is 13.8. The van der Waals surface area contributed by atoms with E-state index >= 15 is 0 Å². The Morgan fingerprint density at radius 1 is 1.41 bits per heavy atom. The number of guanidine groups is 1. The van der Waals surface area contributed by atoms with Crippen molar-refractivity contribution in [3.8, 4) is 0 Å². The Labute approximate surface area is 134 Å². The number of hydrogen-bond acceptors (Lipinski definition) is 3. The second kappa shape index (κ2) is 8.22. The van der Waals surface area contributed by atoms with Crippen LogP contribution in [0.4, 0.5) is 14.5 Å². The predicted octanol–water partition coefficient (Wildman–Crippen LogP) is 2.07. The van der Waals surface area contributed by atoms with Gasteiger partial charge in [0.1, 0.15) is 17.3 Å². The highest BCUT2D eigenvalue weighted by Gasteiger charge is 2.27. The molecule has 1 aromatic carbocycles. The normalized spacial score (nSPS) is 18.6. The molecule has 0 saturated carbocycles. The topological polar surface area (TPSA) is 39.7 Å². The van der Waals surface area contributed by atoms with Crippen LogP contribution in [0.1, 0.15) is 6.42 Å². The first kappa shape index (κ1) is 16.9. The third-order valence-electron chi connectivity index (χ3n) is 3.61. The van der Waals surface area contributed by atoms with E-state index in [1.165, 1.54) is 18.2 Å². The van der Waals surface area contributed by atoms with Gasteiger partial charge in [-0.1, -0.05) is 6.07 Å². The van der Waals surface area contributed by atoms with Crippen molar-refractivity contribution in [3.05, 3.63) is 29.8 Å². The fraction of sp³-hybridized carbons (Fsp3) is 0.533. The lowest BCUT2D eigenvalue weighted by Gasteiger charge is -2.21. The van der Waals surface area contributed by atoms with Gasteiger partial charge in [-0.15, -0.1) is 0 Å². The Hall–Kier alpha value is -1.50. The van der Waals surface area contributed by atoms with Gasteiger partial charge in [-0.05, 0) is 24.8 Å². The smallest absolute Gasteiger partial charge is 0.191 e. The van der Waals surface area contributed by atoms with Gasteiger partial charge < -0.3 is 15.5 Å². The molecule has 1 aromatic rings. The molecule has 0 amide bonds. The standard InChI is InChI=1S/C15H22F2N4S/c1-18-15(19-7-9-22-2)20-11-6-8-21(10-11)14-12(16)4-3-5-13(14)17/h3-5,11H,6-10H2,1-2H3,(H2,18,19,20). The zero-order chi connectivity index (χ0) is 15.9. The molecule has 0 aromatic heterocycles. The van der Waals surface area contributed by atoms with Crippen molar-refractivity contribution in [2.75, 3.05) is 43.6 Å². The summed E-state index contributed by atoms with van der Waals surface area (Å²) in [4.78, 5) is 5.92. The number of hydrogen-bond donors (Lipinski definition) is 2. The van der Waals surface area contributed by atoms with Crippen LogP contribution in [0.5, 0.6) is 0 Å². The van der Waals surface area contributed by atoms with Crippen LogP contribution in [0.15, 0.2) is 23.2 Å². The molecule has 1 fully saturated rings. The number of anilines is 1. The molecule has 1 aliphatic heterocycles. The second-order valence-corrected chi connectivity index (χ2v) is 6.12. The first-order valence-electron chi connectivity index (χ1n) is 7.30. The number of thioether (sulfide) groups is 1. The fourth-order valence-corrected chi connectivity index (χ4v) is 2.84. The van der Waals surface area contributed by atoms with Gasteiger partial charge in [-0.3, -0.25) is 4.99 Å². The van der Waals surface area contributed by atoms with E-state index < -0.39 is 11.6 Å². The minimum atomic E-state index is -0.511. The molecule has 0 radical (unpaired) electrons. The zero-order valence-corrected chi connectivity index (χ0v) is 13.7. The Morgan fingerprint density at radius 2 is 2.14 bits per heavy atom. The molecular formula is C15H22F2N4S. The van der Waals surface area contributed by atoms with Crippen molar-refractivity contribution in [2.24, 2.45) is 4.99 Å². The van der Waals surface area contributed by atoms with E-state index in [4.69, 9.17) is 0 Å². The van der Waals surface area contributed by atoms with Crippen LogP contribution >= 0.6 is 11.8 Å². The van der Waals surface area contributed by atoms with Crippen LogP contribution in [0.25, 0.3) is 0 Å². The van der Waals surface area contributed by atoms with E-state index in [1.54, 1.807) is 23.7 Å². The molecule has 0 aliphatic carbocycles. The highest BCUT2D eigenvalue weighted by Crippen LogP contribution is 2.26. The number of para-hydroxylation sites is 1. The van der Waals surface area contributed by atoms with Crippen LogP contribution < -0.4 is 15.5 Å². The van der Waals surface area contributed by atoms with Gasteiger partial charge in [-0.2, -0.15) is 11.8 Å². The molecule has 1 saturated heterocycles. The molecule has 2 N–H and O–H groups in total. The average molecular weight is 328 g/mol. The number of nitrogens with zero attached hydrogens (tertiary/aromatic N) is 2. The average Bonchev–Trinajstić information content (AvgIpc) is 2.94. The van der Waals surface area contributed by atoms with Crippen molar-refractivity contribution in [1.29, 1.82) is 0 Å². The second-order valence-electron chi connectivity index (χ2n) is 5.14. The number of aliphatic imine (C=N–C) groups is 1. The summed E-state index contributed by atoms with van der Waals surface area (Å²) >= 11 is 1.76. The summed E-state index contributed by atoms with van der Waals surface area (Å²) < 4.78 is 27.6. The van der Waals surface area contributed by atoms with Gasteiger partial charge in [0.05, 0.1) is 0 Å². The molecule has 7 heteroatoms. The molecule has 22 heavy (non-hydrogen) atoms. The number of nitrogens with one attached hydrogen (secondary N) is 2. The predicted molar refractivity (Wildman–Crippen MR) is 89.9 cm³/mol. The molecule has 1 unspecified atom stereocenters. The SMILES string of the molecule is CN=C(NCCSC)NC1CCN(c2c(F)cccc2F)C1. The summed E-state index contributed by atoms with van der Waals surface area (Å²) in [5, 5.41) is 6.53. The van der Waals surface area contributed by atoms with Crippen molar-refractivity contribution in [3.63, 3.8) is 0 Å². The van der Waals surface area contributed by atoms with E-state index in [9.17, 15) is 8.78 Å². The summed E-state index contributed by atoms with van der Waals surface area (Å²) in [6, 6.07) is 4.10. The van der Waals surface area contributed by atoms with E-state index in [2.05, 4.69) is 21.9 Å². The highest BCUT2D eigenvalue weighted by molar-refractivity contribution is 7.98. The summed E-state index contributed by atoms with van der Waals surface area (Å²) in [5.74, 6) is 0.707. The van der Waals surface area contributed by atoms with E-state index in [0.717, 1.165) is 24.7 Å². The third-order valence-corrected chi connectivity index (χ3v) is 4.22. The first-order chi connectivity index (χ1) is 10.7. The summed E-state index contributed by atoms with van der Waals surface area (Å²) in [5.41, 5.74) is 0.0668. The number of halogens is 2. The summed E-state index contributed by atoms with van der Waals surface area (Å²) in [6.07, 6.45) is 2.87. The van der Waals surface area contributed by atoms with Gasteiger partial charge in [-0.25, -0.2) is 8.78 Å². The highest BCUT2D eigenvalue weighted by atomic mass is 32.2. The van der Waals surface area contributed by atoms with Crippen molar-refractivity contribution < 1.29 is 8.78 Å². The maximum Gasteiger partial charge on any atom is 0.191 e. The van der Waals surface area contributed by atoms with Gasteiger partial charge in [0.25, 0.3) is 0 Å². The lowest BCUT2D eigenvalue weighted by atomic mass is 10.2. The first-order valence-corrected chi connectivity index (χ1v) is 8.70. The Kier molecular flexibility index (Phi) is 6.30. The van der Waals surface area contributed by atoms with Gasteiger partial charge in [0, 0.05) is 38.5 Å². The van der Waals surface area contributed by atoms with E-state index in [0.29, 0.717) is 13.1 Å². The molecule has 1 aliphatic rings. The van der Waals surface area contributed by atoms with Crippen molar-refractivity contribution >= 4 is 23.4 Å². The monoisotopic (exact) mass is 328 g/mol. The summed E-state index contributed by atoms with van der Waals surface area (Å²) in [6.45, 7) is 2.01. The lowest BCUT2D eigenvalue weighted by molar-refractivity contribution is 0.576. The third kappa shape index (κ3) is 4.25. The van der Waals surface area contributed by atoms with Crippen molar-refractivity contribution in [1.82, 2.24) is 10.6 Å². The van der Waals surface area contributed by atoms with Gasteiger partial charge in [0.15, 0.2) is 5.96 Å². The maximum absolute atomic E-state index is 13.8. The largest absolute Gasteiger partial charge is 0.365 e. The van der Waals surface area contributed by atoms with E-state index in [1.807, 2.05) is 0 Å². The zero-order valence-electron chi connectivity index (χ0n) is 12.9. The molecular weight excluding hydrogens is 306 g/mol. The molecule has 4 nitrogen and oxygen atoms in total. The van der Waals surface area contributed by atoms with Crippen LogP contribution in [0.3, 0.4) is 0 Å². The Bertz CT molecular complexity index is 504. The summed E-state index contributed by atoms with van der Waals surface area (Å²) in [7, 11) is 1.72. The van der Waals surface area contributed by atoms with Crippen LogP contribution in [0, 0.1) is 11.6 Å². The fourth-order valence-electron chi connectivity index (χ4n) is 2.53. The minimum Gasteiger partial charge on any atom is -0.365 e. The van der Waals surface area contributed by atoms with Crippen LogP contribution in [-0.2, 0) is 0 Å². The van der Waals surface area contributed by atoms with Crippen LogP contribution in [-0.4, -0.2) is 50.7 Å². The lowest BCUT2D eigenvalue weighted by Crippen LogP contribution is -2.45. The molecule has 2 rings (SSSR count).